The quantitative estimate of drug-likeness (QED) is 0.218. The number of aryl methyl sites for hydroxylation is 2. The molecule has 0 amide bonds. The highest BCUT2D eigenvalue weighted by Crippen LogP contribution is 2.58. The Morgan fingerprint density at radius 3 is 2.77 bits per heavy atom. The molecule has 0 spiro atoms. The van der Waals surface area contributed by atoms with Crippen LogP contribution in [0.2, 0.25) is 0 Å². The number of carbonyl (C=O) groups is 1. The van der Waals surface area contributed by atoms with Gasteiger partial charge in [-0.15, -0.1) is 21.0 Å². The molecule has 0 radical (unpaired) electrons. The normalized spacial score (nSPS) is 19.5. The number of hydrogen-bond donors (Lipinski definition) is 2. The van der Waals surface area contributed by atoms with E-state index in [1.807, 2.05) is 25.1 Å². The van der Waals surface area contributed by atoms with Crippen molar-refractivity contribution in [1.82, 2.24) is 23.9 Å². The number of esters is 1. The van der Waals surface area contributed by atoms with Crippen LogP contribution in [0.5, 0.6) is 0 Å². The first-order chi connectivity index (χ1) is 21.1. The average Bonchev–Trinajstić information content (AvgIpc) is 3.63. The summed E-state index contributed by atoms with van der Waals surface area (Å²) in [5.74, 6) is -0.666. The van der Waals surface area contributed by atoms with Gasteiger partial charge in [0.1, 0.15) is 4.90 Å². The fourth-order valence-electron chi connectivity index (χ4n) is 6.45. The van der Waals surface area contributed by atoms with Crippen molar-refractivity contribution in [3.8, 4) is 0 Å². The molecule has 0 aliphatic carbocycles. The lowest BCUT2D eigenvalue weighted by Gasteiger charge is -2.42. The number of aromatic nitrogens is 4. The van der Waals surface area contributed by atoms with Gasteiger partial charge in [-0.1, -0.05) is 18.2 Å². The van der Waals surface area contributed by atoms with Gasteiger partial charge >= 0.3 is 5.97 Å². The van der Waals surface area contributed by atoms with E-state index in [4.69, 9.17) is 4.74 Å². The summed E-state index contributed by atoms with van der Waals surface area (Å²) in [5, 5.41) is 7.70. The van der Waals surface area contributed by atoms with E-state index >= 15 is 0 Å². The highest BCUT2D eigenvalue weighted by Gasteiger charge is 2.40. The summed E-state index contributed by atoms with van der Waals surface area (Å²) in [4.78, 5) is 20.0. The number of carbonyl (C=O) groups excluding carboxylic acids is 1. The van der Waals surface area contributed by atoms with E-state index in [2.05, 4.69) is 20.1 Å². The first-order valence-corrected chi connectivity index (χ1v) is 16.2. The molecule has 1 saturated heterocycles. The van der Waals surface area contributed by atoms with Crippen LogP contribution in [0.3, 0.4) is 0 Å². The monoisotopic (exact) mass is 626 g/mol. The molecular formula is C31H36F2N6O4S. The Labute approximate surface area is 256 Å². The van der Waals surface area contributed by atoms with Gasteiger partial charge in [-0.3, -0.25) is 18.3 Å². The Morgan fingerprint density at radius 2 is 2.00 bits per heavy atom. The van der Waals surface area contributed by atoms with Gasteiger partial charge in [0.25, 0.3) is 6.43 Å². The molecule has 13 heteroatoms. The fraction of sp³-hybridized carbons (Fsp3) is 0.419. The predicted octanol–water partition coefficient (Wildman–Crippen LogP) is 6.27. The van der Waals surface area contributed by atoms with Crippen LogP contribution in [0.4, 0.5) is 14.6 Å². The van der Waals surface area contributed by atoms with E-state index in [0.717, 1.165) is 41.6 Å². The zero-order valence-electron chi connectivity index (χ0n) is 24.9. The number of anilines is 1. The van der Waals surface area contributed by atoms with E-state index in [9.17, 15) is 22.7 Å². The first-order valence-electron chi connectivity index (χ1n) is 14.7. The number of ether oxygens (including phenoxy) is 1. The maximum Gasteiger partial charge on any atom is 0.306 e. The van der Waals surface area contributed by atoms with E-state index in [1.165, 1.54) is 10.6 Å². The number of alkyl halides is 2. The second-order valence-corrected chi connectivity index (χ2v) is 13.3. The van der Waals surface area contributed by atoms with Crippen molar-refractivity contribution >= 4 is 28.2 Å². The number of nitrogens with zero attached hydrogens (tertiary/aromatic N) is 6. The van der Waals surface area contributed by atoms with Gasteiger partial charge in [0.15, 0.2) is 11.5 Å². The largest absolute Gasteiger partial charge is 0.466 e. The summed E-state index contributed by atoms with van der Waals surface area (Å²) in [5.41, 5.74) is 4.34. The van der Waals surface area contributed by atoms with Gasteiger partial charge in [0, 0.05) is 44.0 Å². The zero-order chi connectivity index (χ0) is 31.2. The highest BCUT2D eigenvalue weighted by molar-refractivity contribution is 8.22. The van der Waals surface area contributed by atoms with Crippen molar-refractivity contribution in [3.63, 3.8) is 0 Å². The Morgan fingerprint density at radius 1 is 1.18 bits per heavy atom. The van der Waals surface area contributed by atoms with Crippen LogP contribution < -0.4 is 4.90 Å². The lowest BCUT2D eigenvalue weighted by atomic mass is 9.85. The van der Waals surface area contributed by atoms with Crippen LogP contribution in [0, 0.1) is 13.8 Å². The van der Waals surface area contributed by atoms with Crippen LogP contribution in [0.1, 0.15) is 72.2 Å². The number of hydrogen-bond acceptors (Lipinski definition) is 9. The van der Waals surface area contributed by atoms with Crippen molar-refractivity contribution in [3.05, 3.63) is 82.4 Å². The van der Waals surface area contributed by atoms with E-state index < -0.39 is 28.9 Å². The van der Waals surface area contributed by atoms with Crippen molar-refractivity contribution in [1.29, 1.82) is 0 Å². The standard InChI is InChI=1S/C31H36F2N6O4S/c1-4-43-27(40)16-25(24-11-14-39-29(20(24)3)35-36-31(39)28(32)33)21-10-9-19(2)22(15-21)17-37-18-23-7-6-13-38(23)30-26(44(37,41)42)8-5-12-34-30/h5,8-12,14-15,23,25,28,41-42H,4,6-7,13,16-18H2,1-3H3/t23-,25?/m1/s1. The highest BCUT2D eigenvalue weighted by atomic mass is 32.3. The van der Waals surface area contributed by atoms with Crippen LogP contribution in [0.25, 0.3) is 5.65 Å². The van der Waals surface area contributed by atoms with Crippen LogP contribution in [-0.2, 0) is 16.1 Å². The second-order valence-electron chi connectivity index (χ2n) is 11.4. The topological polar surface area (TPSA) is 116 Å². The molecular weight excluding hydrogens is 590 g/mol. The molecule has 1 unspecified atom stereocenters. The van der Waals surface area contributed by atoms with Crippen molar-refractivity contribution in [2.75, 3.05) is 24.6 Å². The lowest BCUT2D eigenvalue weighted by molar-refractivity contribution is -0.143. The van der Waals surface area contributed by atoms with Gasteiger partial charge in [0.2, 0.25) is 5.82 Å². The van der Waals surface area contributed by atoms with Gasteiger partial charge in [-0.2, -0.15) is 4.31 Å². The summed E-state index contributed by atoms with van der Waals surface area (Å²) in [6.45, 7) is 7.28. The Bertz CT molecular complexity index is 1700. The maximum absolute atomic E-state index is 13.5. The van der Waals surface area contributed by atoms with Crippen LogP contribution >= 0.6 is 10.8 Å². The Kier molecular flexibility index (Phi) is 8.31. The smallest absolute Gasteiger partial charge is 0.306 e. The number of benzene rings is 1. The van der Waals surface area contributed by atoms with Gasteiger partial charge in [-0.25, -0.2) is 13.8 Å². The molecule has 3 aromatic heterocycles. The molecule has 44 heavy (non-hydrogen) atoms. The molecule has 0 saturated carbocycles. The van der Waals surface area contributed by atoms with Crippen LogP contribution in [-0.4, -0.2) is 64.7 Å². The van der Waals surface area contributed by atoms with Gasteiger partial charge in [-0.05, 0) is 79.6 Å². The molecule has 1 aromatic carbocycles. The Hall–Kier alpha value is -3.65. The molecule has 1 fully saturated rings. The van der Waals surface area contributed by atoms with Crippen molar-refractivity contribution in [2.45, 2.75) is 69.9 Å². The molecule has 2 atom stereocenters. The molecule has 2 aliphatic heterocycles. The third kappa shape index (κ3) is 5.42. The first kappa shape index (κ1) is 30.4. The third-order valence-corrected chi connectivity index (χ3v) is 10.6. The summed E-state index contributed by atoms with van der Waals surface area (Å²) >= 11 is 0. The molecule has 4 aromatic rings. The molecule has 0 bridgehead atoms. The number of pyridine rings is 2. The SMILES string of the molecule is CCOC(=O)CC(c1ccc(C)c(CN2C[C@H]3CCCN3c3ncccc3S2(O)O)c1)c1ccn2c(C(F)F)nnc2c1C. The minimum absolute atomic E-state index is 0.0260. The van der Waals surface area contributed by atoms with E-state index in [-0.39, 0.29) is 31.6 Å². The number of halogens is 2. The average molecular weight is 627 g/mol. The predicted molar refractivity (Wildman–Crippen MR) is 163 cm³/mol. The van der Waals surface area contributed by atoms with Crippen molar-refractivity contribution < 1.29 is 27.4 Å². The minimum Gasteiger partial charge on any atom is -0.466 e. The molecule has 234 valence electrons. The van der Waals surface area contributed by atoms with E-state index in [1.54, 1.807) is 42.5 Å². The fourth-order valence-corrected chi connectivity index (χ4v) is 8.11. The summed E-state index contributed by atoms with van der Waals surface area (Å²) in [6, 6.07) is 11.2. The van der Waals surface area contributed by atoms with Gasteiger partial charge < -0.3 is 9.64 Å². The molecule has 2 aliphatic rings. The molecule has 10 nitrogen and oxygen atoms in total. The van der Waals surface area contributed by atoms with Crippen LogP contribution in [0.15, 0.2) is 53.7 Å². The summed E-state index contributed by atoms with van der Waals surface area (Å²) in [6.07, 6.45) is 2.38. The van der Waals surface area contributed by atoms with E-state index in [0.29, 0.717) is 28.5 Å². The lowest BCUT2D eigenvalue weighted by Crippen LogP contribution is -2.38. The summed E-state index contributed by atoms with van der Waals surface area (Å²) in [7, 11) is -3.35. The van der Waals surface area contributed by atoms with Gasteiger partial charge in [0.05, 0.1) is 13.0 Å². The number of fused-ring (bicyclic) bond motifs is 4. The third-order valence-electron chi connectivity index (χ3n) is 8.73. The zero-order valence-corrected chi connectivity index (χ0v) is 25.7. The second kappa shape index (κ2) is 12.0. The minimum atomic E-state index is -3.35. The Balaban J connectivity index is 1.39. The van der Waals surface area contributed by atoms with Crippen molar-refractivity contribution in [2.24, 2.45) is 0 Å². The maximum atomic E-state index is 13.5. The summed E-state index contributed by atoms with van der Waals surface area (Å²) < 4.78 is 58.7. The molecule has 6 rings (SSSR count). The molecule has 5 heterocycles. The molecule has 2 N–H and O–H groups in total. The number of rotatable bonds is 8.